The van der Waals surface area contributed by atoms with Crippen LogP contribution in [0.3, 0.4) is 0 Å². The third-order valence-corrected chi connectivity index (χ3v) is 2.35. The summed E-state index contributed by atoms with van der Waals surface area (Å²) in [7, 11) is 0. The number of carboxylic acid groups (broad SMARTS) is 1. The van der Waals surface area contributed by atoms with E-state index in [0.717, 1.165) is 17.5 Å². The summed E-state index contributed by atoms with van der Waals surface area (Å²) in [6.45, 7) is 1.90. The molecule has 0 aliphatic heterocycles. The smallest absolute Gasteiger partial charge is 0.326 e. The van der Waals surface area contributed by atoms with E-state index in [1.807, 2.05) is 31.2 Å². The first-order valence-corrected chi connectivity index (χ1v) is 5.13. The van der Waals surface area contributed by atoms with E-state index < -0.39 is 12.0 Å². The molecule has 1 aromatic carbocycles. The van der Waals surface area contributed by atoms with E-state index in [0.29, 0.717) is 6.42 Å². The van der Waals surface area contributed by atoms with Gasteiger partial charge in [-0.15, -0.1) is 0 Å². The number of hydrogen-bond acceptors (Lipinski definition) is 3. The summed E-state index contributed by atoms with van der Waals surface area (Å²) in [4.78, 5) is 21.2. The molecule has 0 aliphatic carbocycles. The largest absolute Gasteiger partial charge is 0.480 e. The molecule has 4 heteroatoms. The summed E-state index contributed by atoms with van der Waals surface area (Å²) in [5.74, 6) is -0.940. The van der Waals surface area contributed by atoms with Gasteiger partial charge < -0.3 is 15.2 Å². The van der Waals surface area contributed by atoms with Crippen LogP contribution >= 0.6 is 0 Å². The molecule has 1 rings (SSSR count). The van der Waals surface area contributed by atoms with Crippen molar-refractivity contribution >= 4 is 17.9 Å². The minimum atomic E-state index is -0.940. The Bertz CT molecular complexity index is 376. The third-order valence-electron chi connectivity index (χ3n) is 2.35. The van der Waals surface area contributed by atoms with Crippen LogP contribution in [0, 0.1) is 6.92 Å². The standard InChI is InChI=1S/C12H15NO3/c1-9-5-2-3-6-10(9)13-11(12(15)16)7-4-8-14/h2-3,5-6,8,11,13H,4,7H2,1H3,(H,15,16). The number of rotatable bonds is 6. The van der Waals surface area contributed by atoms with Crippen molar-refractivity contribution in [3.05, 3.63) is 29.8 Å². The number of aliphatic carboxylic acids is 1. The van der Waals surface area contributed by atoms with Crippen molar-refractivity contribution in [3.8, 4) is 0 Å². The van der Waals surface area contributed by atoms with Crippen LogP contribution in [0.4, 0.5) is 5.69 Å². The predicted octanol–water partition coefficient (Wildman–Crippen LogP) is 1.84. The van der Waals surface area contributed by atoms with Crippen molar-refractivity contribution in [2.45, 2.75) is 25.8 Å². The molecular weight excluding hydrogens is 206 g/mol. The van der Waals surface area contributed by atoms with Gasteiger partial charge in [-0.25, -0.2) is 4.79 Å². The highest BCUT2D eigenvalue weighted by Gasteiger charge is 2.16. The van der Waals surface area contributed by atoms with Gasteiger partial charge in [0.05, 0.1) is 0 Å². The monoisotopic (exact) mass is 221 g/mol. The van der Waals surface area contributed by atoms with Gasteiger partial charge in [-0.05, 0) is 25.0 Å². The van der Waals surface area contributed by atoms with Crippen LogP contribution in [-0.4, -0.2) is 23.4 Å². The lowest BCUT2D eigenvalue weighted by Crippen LogP contribution is -2.29. The van der Waals surface area contributed by atoms with E-state index in [2.05, 4.69) is 5.32 Å². The summed E-state index contributed by atoms with van der Waals surface area (Å²) < 4.78 is 0. The van der Waals surface area contributed by atoms with E-state index in [9.17, 15) is 9.59 Å². The SMILES string of the molecule is Cc1ccccc1NC(CCC=O)C(=O)O. The van der Waals surface area contributed by atoms with Crippen molar-refractivity contribution in [1.82, 2.24) is 0 Å². The van der Waals surface area contributed by atoms with Gasteiger partial charge in [0, 0.05) is 12.1 Å². The Morgan fingerprint density at radius 3 is 2.75 bits per heavy atom. The van der Waals surface area contributed by atoms with Gasteiger partial charge in [0.15, 0.2) is 0 Å². The predicted molar refractivity (Wildman–Crippen MR) is 61.5 cm³/mol. The Morgan fingerprint density at radius 2 is 2.19 bits per heavy atom. The highest BCUT2D eigenvalue weighted by atomic mass is 16.4. The first-order valence-electron chi connectivity index (χ1n) is 5.13. The number of aldehydes is 1. The molecule has 86 valence electrons. The normalized spacial score (nSPS) is 11.8. The maximum atomic E-state index is 10.9. The molecule has 0 spiro atoms. The number of carboxylic acids is 1. The molecule has 2 N–H and O–H groups in total. The van der Waals surface area contributed by atoms with Crippen LogP contribution in [0.1, 0.15) is 18.4 Å². The molecule has 1 unspecified atom stereocenters. The lowest BCUT2D eigenvalue weighted by atomic mass is 10.1. The highest BCUT2D eigenvalue weighted by Crippen LogP contribution is 2.15. The molecule has 0 saturated heterocycles. The van der Waals surface area contributed by atoms with Crippen LogP contribution in [-0.2, 0) is 9.59 Å². The number of benzene rings is 1. The molecule has 16 heavy (non-hydrogen) atoms. The fourth-order valence-electron chi connectivity index (χ4n) is 1.41. The summed E-state index contributed by atoms with van der Waals surface area (Å²) in [6, 6.07) is 6.74. The maximum Gasteiger partial charge on any atom is 0.326 e. The number of aryl methyl sites for hydroxylation is 1. The number of carbonyl (C=O) groups excluding carboxylic acids is 1. The van der Waals surface area contributed by atoms with Crippen molar-refractivity contribution in [1.29, 1.82) is 0 Å². The van der Waals surface area contributed by atoms with Crippen LogP contribution in [0.15, 0.2) is 24.3 Å². The number of para-hydroxylation sites is 1. The Labute approximate surface area is 94.3 Å². The molecule has 0 amide bonds. The van der Waals surface area contributed by atoms with Gasteiger partial charge in [0.2, 0.25) is 0 Å². The maximum absolute atomic E-state index is 10.9. The van der Waals surface area contributed by atoms with Crippen LogP contribution in [0.5, 0.6) is 0 Å². The first-order chi connectivity index (χ1) is 7.65. The van der Waals surface area contributed by atoms with Gasteiger partial charge in [0.1, 0.15) is 12.3 Å². The van der Waals surface area contributed by atoms with Gasteiger partial charge in [-0.3, -0.25) is 0 Å². The average Bonchev–Trinajstić information content (AvgIpc) is 2.26. The van der Waals surface area contributed by atoms with Crippen molar-refractivity contribution in [2.75, 3.05) is 5.32 Å². The zero-order valence-electron chi connectivity index (χ0n) is 9.14. The van der Waals surface area contributed by atoms with Gasteiger partial charge in [-0.1, -0.05) is 18.2 Å². The Kier molecular flexibility index (Phi) is 4.51. The Balaban J connectivity index is 2.71. The van der Waals surface area contributed by atoms with E-state index in [4.69, 9.17) is 5.11 Å². The molecule has 0 bridgehead atoms. The van der Waals surface area contributed by atoms with Crippen molar-refractivity contribution in [3.63, 3.8) is 0 Å². The van der Waals surface area contributed by atoms with Crippen LogP contribution in [0.25, 0.3) is 0 Å². The van der Waals surface area contributed by atoms with Gasteiger partial charge >= 0.3 is 5.97 Å². The molecule has 0 aliphatic rings. The van der Waals surface area contributed by atoms with Crippen molar-refractivity contribution < 1.29 is 14.7 Å². The molecule has 1 aromatic rings. The van der Waals surface area contributed by atoms with E-state index in [1.54, 1.807) is 0 Å². The Morgan fingerprint density at radius 1 is 1.50 bits per heavy atom. The minimum absolute atomic E-state index is 0.246. The van der Waals surface area contributed by atoms with Crippen LogP contribution in [0.2, 0.25) is 0 Å². The molecule has 4 nitrogen and oxygen atoms in total. The number of nitrogens with one attached hydrogen (secondary N) is 1. The van der Waals surface area contributed by atoms with Gasteiger partial charge in [-0.2, -0.15) is 0 Å². The fraction of sp³-hybridized carbons (Fsp3) is 0.333. The molecule has 0 saturated carbocycles. The summed E-state index contributed by atoms with van der Waals surface area (Å²) >= 11 is 0. The molecular formula is C12H15NO3. The lowest BCUT2D eigenvalue weighted by Gasteiger charge is -2.16. The summed E-state index contributed by atoms with van der Waals surface area (Å²) in [6.07, 6.45) is 1.28. The topological polar surface area (TPSA) is 66.4 Å². The molecule has 0 fully saturated rings. The number of hydrogen-bond donors (Lipinski definition) is 2. The Hall–Kier alpha value is -1.84. The fourth-order valence-corrected chi connectivity index (χ4v) is 1.41. The lowest BCUT2D eigenvalue weighted by molar-refractivity contribution is -0.138. The summed E-state index contributed by atoms with van der Waals surface area (Å²) in [5.41, 5.74) is 1.78. The van der Waals surface area contributed by atoms with Crippen molar-refractivity contribution in [2.24, 2.45) is 0 Å². The molecule has 0 radical (unpaired) electrons. The van der Waals surface area contributed by atoms with Gasteiger partial charge in [0.25, 0.3) is 0 Å². The second-order valence-corrected chi connectivity index (χ2v) is 3.59. The van der Waals surface area contributed by atoms with E-state index in [1.165, 1.54) is 0 Å². The summed E-state index contributed by atoms with van der Waals surface area (Å²) in [5, 5.41) is 11.9. The number of carbonyl (C=O) groups is 2. The highest BCUT2D eigenvalue weighted by molar-refractivity contribution is 5.78. The minimum Gasteiger partial charge on any atom is -0.480 e. The zero-order chi connectivity index (χ0) is 12.0. The quantitative estimate of drug-likeness (QED) is 0.719. The first kappa shape index (κ1) is 12.2. The second kappa shape index (κ2) is 5.90. The third kappa shape index (κ3) is 3.38. The van der Waals surface area contributed by atoms with E-state index >= 15 is 0 Å². The molecule has 1 atom stereocenters. The van der Waals surface area contributed by atoms with Crippen LogP contribution < -0.4 is 5.32 Å². The average molecular weight is 221 g/mol. The number of anilines is 1. The molecule has 0 aromatic heterocycles. The van der Waals surface area contributed by atoms with E-state index in [-0.39, 0.29) is 6.42 Å². The second-order valence-electron chi connectivity index (χ2n) is 3.59. The molecule has 0 heterocycles. The zero-order valence-corrected chi connectivity index (χ0v) is 9.14.